The van der Waals surface area contributed by atoms with Crippen molar-refractivity contribution < 1.29 is 13.2 Å². The number of methoxy groups -OCH3 is 1. The van der Waals surface area contributed by atoms with Gasteiger partial charge in [0.1, 0.15) is 0 Å². The summed E-state index contributed by atoms with van der Waals surface area (Å²) in [5.41, 5.74) is 0. The standard InChI is InChI=1S/C9H18N2O3S/c1-14-4-5-15(12,13)11-6-8-2-3-10-9(8)7-11/h8-10H,2-7H2,1H3. The molecule has 0 spiro atoms. The van der Waals surface area contributed by atoms with Crippen LogP contribution >= 0.6 is 0 Å². The lowest BCUT2D eigenvalue weighted by Crippen LogP contribution is -2.36. The summed E-state index contributed by atoms with van der Waals surface area (Å²) in [4.78, 5) is 0. The molecule has 2 atom stereocenters. The van der Waals surface area contributed by atoms with E-state index in [1.807, 2.05) is 0 Å². The first-order valence-electron chi connectivity index (χ1n) is 5.33. The van der Waals surface area contributed by atoms with Crippen LogP contribution in [0.15, 0.2) is 0 Å². The van der Waals surface area contributed by atoms with E-state index in [4.69, 9.17) is 4.74 Å². The molecule has 2 heterocycles. The smallest absolute Gasteiger partial charge is 0.216 e. The van der Waals surface area contributed by atoms with Gasteiger partial charge in [-0.15, -0.1) is 0 Å². The molecule has 2 aliphatic heterocycles. The molecular weight excluding hydrogens is 216 g/mol. The minimum Gasteiger partial charge on any atom is -0.384 e. The number of nitrogens with zero attached hydrogens (tertiary/aromatic N) is 1. The summed E-state index contributed by atoms with van der Waals surface area (Å²) in [7, 11) is -1.57. The van der Waals surface area contributed by atoms with E-state index in [-0.39, 0.29) is 12.4 Å². The third kappa shape index (κ3) is 2.33. The Kier molecular flexibility index (Phi) is 3.30. The molecule has 15 heavy (non-hydrogen) atoms. The summed E-state index contributed by atoms with van der Waals surface area (Å²) >= 11 is 0. The van der Waals surface area contributed by atoms with Gasteiger partial charge in [0.15, 0.2) is 0 Å². The lowest BCUT2D eigenvalue weighted by Gasteiger charge is -2.16. The van der Waals surface area contributed by atoms with Gasteiger partial charge in [0.05, 0.1) is 12.4 Å². The molecule has 88 valence electrons. The molecular formula is C9H18N2O3S. The fourth-order valence-electron chi connectivity index (χ4n) is 2.35. The van der Waals surface area contributed by atoms with Crippen molar-refractivity contribution in [3.8, 4) is 0 Å². The van der Waals surface area contributed by atoms with Gasteiger partial charge < -0.3 is 10.1 Å². The number of ether oxygens (including phenoxy) is 1. The number of hydrogen-bond donors (Lipinski definition) is 1. The van der Waals surface area contributed by atoms with E-state index in [1.165, 1.54) is 7.11 Å². The minimum atomic E-state index is -3.10. The van der Waals surface area contributed by atoms with Crippen LogP contribution in [0.2, 0.25) is 0 Å². The topological polar surface area (TPSA) is 58.6 Å². The van der Waals surface area contributed by atoms with Crippen molar-refractivity contribution in [1.82, 2.24) is 9.62 Å². The Balaban J connectivity index is 1.95. The van der Waals surface area contributed by atoms with E-state index in [2.05, 4.69) is 5.32 Å². The van der Waals surface area contributed by atoms with Gasteiger partial charge in [0, 0.05) is 26.2 Å². The van der Waals surface area contributed by atoms with Gasteiger partial charge in [-0.05, 0) is 18.9 Å². The normalized spacial score (nSPS) is 32.1. The van der Waals surface area contributed by atoms with Crippen LogP contribution < -0.4 is 5.32 Å². The summed E-state index contributed by atoms with van der Waals surface area (Å²) in [5.74, 6) is 0.616. The molecule has 0 aliphatic carbocycles. The summed E-state index contributed by atoms with van der Waals surface area (Å²) in [6.07, 6.45) is 1.10. The average molecular weight is 234 g/mol. The molecule has 0 bridgehead atoms. The lowest BCUT2D eigenvalue weighted by atomic mass is 10.1. The molecule has 1 N–H and O–H groups in total. The van der Waals surface area contributed by atoms with Crippen molar-refractivity contribution in [1.29, 1.82) is 0 Å². The van der Waals surface area contributed by atoms with Crippen molar-refractivity contribution in [2.75, 3.05) is 39.1 Å². The van der Waals surface area contributed by atoms with E-state index < -0.39 is 10.0 Å². The number of rotatable bonds is 4. The lowest BCUT2D eigenvalue weighted by molar-refractivity contribution is 0.215. The Morgan fingerprint density at radius 2 is 2.27 bits per heavy atom. The Morgan fingerprint density at radius 3 is 2.93 bits per heavy atom. The van der Waals surface area contributed by atoms with Gasteiger partial charge in [-0.25, -0.2) is 8.42 Å². The second-order valence-electron chi connectivity index (χ2n) is 4.24. The van der Waals surface area contributed by atoms with Crippen LogP contribution in [0, 0.1) is 5.92 Å². The molecule has 0 amide bonds. The largest absolute Gasteiger partial charge is 0.384 e. The van der Waals surface area contributed by atoms with Crippen LogP contribution in [0.25, 0.3) is 0 Å². The molecule has 0 saturated carbocycles. The highest BCUT2D eigenvalue weighted by Crippen LogP contribution is 2.26. The maximum absolute atomic E-state index is 11.8. The predicted octanol–water partition coefficient (Wildman–Crippen LogP) is -0.744. The van der Waals surface area contributed by atoms with Crippen molar-refractivity contribution in [2.45, 2.75) is 12.5 Å². The van der Waals surface area contributed by atoms with Gasteiger partial charge in [-0.1, -0.05) is 0 Å². The minimum absolute atomic E-state index is 0.100. The third-order valence-corrected chi connectivity index (χ3v) is 5.04. The van der Waals surface area contributed by atoms with E-state index in [9.17, 15) is 8.42 Å². The maximum Gasteiger partial charge on any atom is 0.216 e. The number of hydrogen-bond acceptors (Lipinski definition) is 4. The Hall–Kier alpha value is -0.170. The fourth-order valence-corrected chi connectivity index (χ4v) is 3.80. The first-order chi connectivity index (χ1) is 7.13. The SMILES string of the molecule is COCCS(=O)(=O)N1CC2CCNC2C1. The van der Waals surface area contributed by atoms with Crippen molar-refractivity contribution in [2.24, 2.45) is 5.92 Å². The van der Waals surface area contributed by atoms with Crippen LogP contribution in [0.4, 0.5) is 0 Å². The van der Waals surface area contributed by atoms with Gasteiger partial charge in [-0.2, -0.15) is 4.31 Å². The molecule has 2 saturated heterocycles. The van der Waals surface area contributed by atoms with E-state index in [0.717, 1.165) is 13.0 Å². The second kappa shape index (κ2) is 4.37. The first kappa shape index (κ1) is 11.3. The van der Waals surface area contributed by atoms with E-state index >= 15 is 0 Å². The van der Waals surface area contributed by atoms with Crippen LogP contribution in [0.3, 0.4) is 0 Å². The zero-order chi connectivity index (χ0) is 10.9. The third-order valence-electron chi connectivity index (χ3n) is 3.27. The predicted molar refractivity (Wildman–Crippen MR) is 57.1 cm³/mol. The van der Waals surface area contributed by atoms with Crippen LogP contribution in [0.1, 0.15) is 6.42 Å². The number of nitrogens with one attached hydrogen (secondary N) is 1. The highest BCUT2D eigenvalue weighted by atomic mass is 32.2. The molecule has 2 aliphatic rings. The van der Waals surface area contributed by atoms with Crippen LogP contribution in [0.5, 0.6) is 0 Å². The summed E-state index contributed by atoms with van der Waals surface area (Å²) < 4.78 is 30.1. The van der Waals surface area contributed by atoms with Crippen molar-refractivity contribution in [3.05, 3.63) is 0 Å². The van der Waals surface area contributed by atoms with Gasteiger partial charge in [0.25, 0.3) is 0 Å². The number of sulfonamides is 1. The molecule has 0 aromatic rings. The quantitative estimate of drug-likeness (QED) is 0.696. The number of fused-ring (bicyclic) bond motifs is 1. The molecule has 6 heteroatoms. The van der Waals surface area contributed by atoms with Crippen molar-refractivity contribution >= 4 is 10.0 Å². The fraction of sp³-hybridized carbons (Fsp3) is 1.00. The van der Waals surface area contributed by atoms with Crippen LogP contribution in [-0.4, -0.2) is 57.9 Å². The zero-order valence-corrected chi connectivity index (χ0v) is 9.79. The molecule has 0 radical (unpaired) electrons. The highest BCUT2D eigenvalue weighted by Gasteiger charge is 2.40. The van der Waals surface area contributed by atoms with Gasteiger partial charge >= 0.3 is 0 Å². The first-order valence-corrected chi connectivity index (χ1v) is 6.94. The zero-order valence-electron chi connectivity index (χ0n) is 8.98. The van der Waals surface area contributed by atoms with E-state index in [1.54, 1.807) is 4.31 Å². The Labute approximate surface area is 90.8 Å². The summed E-state index contributed by atoms with van der Waals surface area (Å²) in [6, 6.07) is 0.377. The molecule has 2 fully saturated rings. The molecule has 0 aromatic heterocycles. The summed E-state index contributed by atoms with van der Waals surface area (Å²) in [6.45, 7) is 2.63. The van der Waals surface area contributed by atoms with Crippen molar-refractivity contribution in [3.63, 3.8) is 0 Å². The van der Waals surface area contributed by atoms with E-state index in [0.29, 0.717) is 25.0 Å². The Morgan fingerprint density at radius 1 is 1.47 bits per heavy atom. The maximum atomic E-state index is 11.8. The van der Waals surface area contributed by atoms with Gasteiger partial charge in [0.2, 0.25) is 10.0 Å². The summed E-state index contributed by atoms with van der Waals surface area (Å²) in [5, 5.41) is 3.34. The molecule has 2 unspecified atom stereocenters. The Bertz CT molecular complexity index is 305. The van der Waals surface area contributed by atoms with Gasteiger partial charge in [-0.3, -0.25) is 0 Å². The monoisotopic (exact) mass is 234 g/mol. The molecule has 0 aromatic carbocycles. The van der Waals surface area contributed by atoms with Crippen LogP contribution in [-0.2, 0) is 14.8 Å². The second-order valence-corrected chi connectivity index (χ2v) is 6.32. The average Bonchev–Trinajstić information content (AvgIpc) is 2.73. The molecule has 5 nitrogen and oxygen atoms in total. The molecule has 2 rings (SSSR count). The highest BCUT2D eigenvalue weighted by molar-refractivity contribution is 7.89.